The maximum atomic E-state index is 12.2. The molecule has 106 valence electrons. The van der Waals surface area contributed by atoms with Crippen molar-refractivity contribution in [3.05, 3.63) is 18.0 Å². The number of rotatable bonds is 3. The molecule has 0 radical (unpaired) electrons. The van der Waals surface area contributed by atoms with E-state index in [9.17, 15) is 4.79 Å². The summed E-state index contributed by atoms with van der Waals surface area (Å²) in [6, 6.07) is 1.66. The van der Waals surface area contributed by atoms with Crippen LogP contribution in [-0.2, 0) is 16.0 Å². The Balaban J connectivity index is 2.04. The highest BCUT2D eigenvalue weighted by atomic mass is 16.6. The summed E-state index contributed by atoms with van der Waals surface area (Å²) in [6.45, 7) is 6.67. The zero-order valence-corrected chi connectivity index (χ0v) is 11.8. The van der Waals surface area contributed by atoms with Gasteiger partial charge in [-0.05, 0) is 26.8 Å². The smallest absolute Gasteiger partial charge is 0.355 e. The highest BCUT2D eigenvalue weighted by Gasteiger charge is 2.28. The van der Waals surface area contributed by atoms with E-state index < -0.39 is 0 Å². The van der Waals surface area contributed by atoms with E-state index in [0.29, 0.717) is 17.9 Å². The van der Waals surface area contributed by atoms with Gasteiger partial charge in [0.1, 0.15) is 11.8 Å². The number of carbonyl (C=O) groups is 1. The molecule has 0 saturated carbocycles. The molecule has 5 heteroatoms. The molecule has 5 nitrogen and oxygen atoms in total. The van der Waals surface area contributed by atoms with Crippen molar-refractivity contribution in [1.82, 2.24) is 4.57 Å². The number of aromatic nitrogens is 1. The molecular weight excluding hydrogens is 244 g/mol. The number of nitrogens with zero attached hydrogens (tertiary/aromatic N) is 1. The van der Waals surface area contributed by atoms with Gasteiger partial charge in [-0.1, -0.05) is 0 Å². The Bertz CT molecular complexity index is 446. The zero-order chi connectivity index (χ0) is 14.0. The molecule has 1 aromatic rings. The van der Waals surface area contributed by atoms with Crippen LogP contribution in [0.15, 0.2) is 12.3 Å². The predicted molar refractivity (Wildman–Crippen MR) is 73.0 cm³/mol. The number of hydrogen-bond donors (Lipinski definition) is 1. The standard InChI is InChI=1S/C14H22N2O3/c1-4-16-8-11(15)7-13(16)14(17)19-12-5-9(2)18-10(3)6-12/h7-10,12H,4-6,15H2,1-3H3. The maximum absolute atomic E-state index is 12.2. The Morgan fingerprint density at radius 1 is 1.47 bits per heavy atom. The topological polar surface area (TPSA) is 66.5 Å². The van der Waals surface area contributed by atoms with Gasteiger partial charge in [0, 0.05) is 25.6 Å². The summed E-state index contributed by atoms with van der Waals surface area (Å²) in [5.41, 5.74) is 6.83. The van der Waals surface area contributed by atoms with Gasteiger partial charge < -0.3 is 19.8 Å². The second kappa shape index (κ2) is 5.65. The van der Waals surface area contributed by atoms with E-state index in [1.807, 2.05) is 25.3 Å². The van der Waals surface area contributed by atoms with Crippen molar-refractivity contribution in [2.75, 3.05) is 5.73 Å². The lowest BCUT2D eigenvalue weighted by atomic mass is 10.0. The number of nitrogen functional groups attached to an aromatic ring is 1. The summed E-state index contributed by atoms with van der Waals surface area (Å²) >= 11 is 0. The van der Waals surface area contributed by atoms with Crippen LogP contribution in [-0.4, -0.2) is 28.8 Å². The summed E-state index contributed by atoms with van der Waals surface area (Å²) < 4.78 is 13.0. The van der Waals surface area contributed by atoms with Gasteiger partial charge in [0.25, 0.3) is 0 Å². The van der Waals surface area contributed by atoms with Crippen LogP contribution in [0.25, 0.3) is 0 Å². The Morgan fingerprint density at radius 3 is 2.68 bits per heavy atom. The fourth-order valence-electron chi connectivity index (χ4n) is 2.62. The zero-order valence-electron chi connectivity index (χ0n) is 11.8. The molecule has 2 rings (SSSR count). The Hall–Kier alpha value is -1.49. The van der Waals surface area contributed by atoms with Gasteiger partial charge in [0.2, 0.25) is 0 Å². The van der Waals surface area contributed by atoms with E-state index in [0.717, 1.165) is 12.8 Å². The highest BCUT2D eigenvalue weighted by molar-refractivity contribution is 5.89. The molecule has 2 unspecified atom stereocenters. The maximum Gasteiger partial charge on any atom is 0.355 e. The summed E-state index contributed by atoms with van der Waals surface area (Å²) in [7, 11) is 0. The molecule has 2 heterocycles. The number of nitrogens with two attached hydrogens (primary N) is 1. The molecule has 1 aliphatic heterocycles. The lowest BCUT2D eigenvalue weighted by molar-refractivity contribution is -0.0857. The summed E-state index contributed by atoms with van der Waals surface area (Å²) in [4.78, 5) is 12.2. The summed E-state index contributed by atoms with van der Waals surface area (Å²) in [5, 5.41) is 0. The van der Waals surface area contributed by atoms with E-state index in [1.165, 1.54) is 0 Å². The van der Waals surface area contributed by atoms with Crippen LogP contribution in [0.1, 0.15) is 44.1 Å². The fourth-order valence-corrected chi connectivity index (χ4v) is 2.62. The number of ether oxygens (including phenoxy) is 2. The third-order valence-corrected chi connectivity index (χ3v) is 3.40. The van der Waals surface area contributed by atoms with Crippen LogP contribution >= 0.6 is 0 Å². The van der Waals surface area contributed by atoms with Crippen LogP contribution in [0.4, 0.5) is 5.69 Å². The van der Waals surface area contributed by atoms with Crippen molar-refractivity contribution in [3.63, 3.8) is 0 Å². The molecular formula is C14H22N2O3. The predicted octanol–water partition coefficient (Wildman–Crippen LogP) is 2.20. The van der Waals surface area contributed by atoms with Crippen molar-refractivity contribution in [2.24, 2.45) is 0 Å². The molecule has 2 atom stereocenters. The number of aryl methyl sites for hydroxylation is 1. The van der Waals surface area contributed by atoms with E-state index in [2.05, 4.69) is 0 Å². The molecule has 0 amide bonds. The van der Waals surface area contributed by atoms with Crippen LogP contribution in [0.2, 0.25) is 0 Å². The third kappa shape index (κ3) is 3.29. The van der Waals surface area contributed by atoms with Gasteiger partial charge in [-0.25, -0.2) is 4.79 Å². The Kier molecular flexibility index (Phi) is 4.14. The van der Waals surface area contributed by atoms with Crippen molar-refractivity contribution in [2.45, 2.75) is 58.5 Å². The quantitative estimate of drug-likeness (QED) is 0.852. The first kappa shape index (κ1) is 13.9. The van der Waals surface area contributed by atoms with Gasteiger partial charge in [0.05, 0.1) is 17.9 Å². The molecule has 1 aromatic heterocycles. The molecule has 1 fully saturated rings. The molecule has 2 N–H and O–H groups in total. The fraction of sp³-hybridized carbons (Fsp3) is 0.643. The van der Waals surface area contributed by atoms with E-state index in [4.69, 9.17) is 15.2 Å². The molecule has 1 saturated heterocycles. The van der Waals surface area contributed by atoms with Crippen LogP contribution in [0, 0.1) is 0 Å². The van der Waals surface area contributed by atoms with Crippen molar-refractivity contribution >= 4 is 11.7 Å². The largest absolute Gasteiger partial charge is 0.458 e. The Labute approximate surface area is 113 Å². The number of esters is 1. The minimum atomic E-state index is -0.301. The lowest BCUT2D eigenvalue weighted by Gasteiger charge is -2.31. The van der Waals surface area contributed by atoms with Gasteiger partial charge in [-0.3, -0.25) is 0 Å². The van der Waals surface area contributed by atoms with Crippen molar-refractivity contribution in [1.29, 1.82) is 0 Å². The number of carbonyl (C=O) groups excluding carboxylic acids is 1. The molecule has 0 aromatic carbocycles. The average molecular weight is 266 g/mol. The third-order valence-electron chi connectivity index (χ3n) is 3.40. The first-order valence-corrected chi connectivity index (χ1v) is 6.81. The second-order valence-corrected chi connectivity index (χ2v) is 5.20. The summed E-state index contributed by atoms with van der Waals surface area (Å²) in [6.07, 6.45) is 3.43. The monoisotopic (exact) mass is 266 g/mol. The van der Waals surface area contributed by atoms with Gasteiger partial charge in [0.15, 0.2) is 0 Å². The molecule has 0 aliphatic carbocycles. The van der Waals surface area contributed by atoms with Crippen molar-refractivity contribution in [3.8, 4) is 0 Å². The van der Waals surface area contributed by atoms with Crippen LogP contribution in [0.5, 0.6) is 0 Å². The number of anilines is 1. The second-order valence-electron chi connectivity index (χ2n) is 5.20. The SMILES string of the molecule is CCn1cc(N)cc1C(=O)OC1CC(C)OC(C)C1. The van der Waals surface area contributed by atoms with E-state index >= 15 is 0 Å². The lowest BCUT2D eigenvalue weighted by Crippen LogP contribution is -2.35. The minimum absolute atomic E-state index is 0.0762. The highest BCUT2D eigenvalue weighted by Crippen LogP contribution is 2.23. The normalized spacial score (nSPS) is 27.2. The van der Waals surface area contributed by atoms with Gasteiger partial charge >= 0.3 is 5.97 Å². The molecule has 0 spiro atoms. The molecule has 19 heavy (non-hydrogen) atoms. The van der Waals surface area contributed by atoms with E-state index in [-0.39, 0.29) is 24.3 Å². The minimum Gasteiger partial charge on any atom is -0.458 e. The average Bonchev–Trinajstić information content (AvgIpc) is 2.69. The van der Waals surface area contributed by atoms with Gasteiger partial charge in [-0.2, -0.15) is 0 Å². The van der Waals surface area contributed by atoms with Crippen molar-refractivity contribution < 1.29 is 14.3 Å². The van der Waals surface area contributed by atoms with Gasteiger partial charge in [-0.15, -0.1) is 0 Å². The van der Waals surface area contributed by atoms with Crippen LogP contribution < -0.4 is 5.73 Å². The first-order chi connectivity index (χ1) is 8.99. The van der Waals surface area contributed by atoms with E-state index in [1.54, 1.807) is 12.3 Å². The number of hydrogen-bond acceptors (Lipinski definition) is 4. The van der Waals surface area contributed by atoms with Crippen LogP contribution in [0.3, 0.4) is 0 Å². The Morgan fingerprint density at radius 2 is 2.11 bits per heavy atom. The first-order valence-electron chi connectivity index (χ1n) is 6.81. The molecule has 1 aliphatic rings. The molecule has 0 bridgehead atoms. The summed E-state index contributed by atoms with van der Waals surface area (Å²) in [5.74, 6) is -0.301.